The summed E-state index contributed by atoms with van der Waals surface area (Å²) in [5.41, 5.74) is 5.81. The number of nitrogens with zero attached hydrogens (tertiary/aromatic N) is 4. The highest BCUT2D eigenvalue weighted by molar-refractivity contribution is 14.1. The molecule has 0 radical (unpaired) electrons. The zero-order valence-corrected chi connectivity index (χ0v) is 42.8. The number of rotatable bonds is 4. The predicted octanol–water partition coefficient (Wildman–Crippen LogP) is 6.80. The number of hydrogen-bond donors (Lipinski definition) is 6. The number of fused-ring (bicyclic) bond motifs is 4. The van der Waals surface area contributed by atoms with Gasteiger partial charge in [0.2, 0.25) is 11.9 Å². The minimum atomic E-state index is -0.441. The van der Waals surface area contributed by atoms with Crippen molar-refractivity contribution >= 4 is 80.8 Å². The normalized spacial score (nSPS) is 16.1. The third kappa shape index (κ3) is 10.5. The maximum absolute atomic E-state index is 12.9. The fourth-order valence-corrected chi connectivity index (χ4v) is 8.14. The van der Waals surface area contributed by atoms with Gasteiger partial charge in [-0.1, -0.05) is 32.0 Å². The Morgan fingerprint density at radius 2 is 1.12 bits per heavy atom. The Balaban J connectivity index is 0.000000165. The van der Waals surface area contributed by atoms with Gasteiger partial charge >= 0.3 is 7.12 Å². The summed E-state index contributed by atoms with van der Waals surface area (Å²) in [4.78, 5) is 64.9. The first-order chi connectivity index (χ1) is 30.8. The molecular weight excluding hydrogens is 950 g/mol. The number of hydrogen-bond acceptors (Lipinski definition) is 10. The number of nitrogens with one attached hydrogen (secondary N) is 6. The minimum absolute atomic E-state index is 0.0229. The number of carbonyl (C=O) groups excluding carboxylic acids is 2. The number of aromatic amines is 2. The maximum atomic E-state index is 12.9. The van der Waals surface area contributed by atoms with E-state index in [2.05, 4.69) is 58.8 Å². The Morgan fingerprint density at radius 3 is 1.61 bits per heavy atom. The summed E-state index contributed by atoms with van der Waals surface area (Å²) >= 11 is 2.20. The monoisotopic (exact) mass is 1010 g/mol. The Kier molecular flexibility index (Phi) is 14.4. The SMILES string of the molecule is CC.CC1(C)OB(c2cc3c([nH]2)CCNC3=O)OC1(C)C.Cn1c(NC(C)(C)C)nc2c(-c3cc4c([nH]3)CCNC4=O)cccc2c1=O.Cn1c(NC(C)(C)C)nc2c(I)cccc2c1=O. The lowest BCUT2D eigenvalue weighted by molar-refractivity contribution is 0.00578. The van der Waals surface area contributed by atoms with E-state index in [1.54, 1.807) is 24.7 Å². The number of H-pyrrole nitrogens is 2. The molecule has 0 saturated carbocycles. The van der Waals surface area contributed by atoms with Crippen LogP contribution in [0.2, 0.25) is 0 Å². The molecule has 18 heteroatoms. The Morgan fingerprint density at radius 1 is 0.667 bits per heavy atom. The molecule has 4 aromatic heterocycles. The molecule has 66 heavy (non-hydrogen) atoms. The van der Waals surface area contributed by atoms with Gasteiger partial charge in [-0.3, -0.25) is 28.3 Å². The van der Waals surface area contributed by atoms with Crippen LogP contribution in [-0.4, -0.2) is 83.4 Å². The van der Waals surface area contributed by atoms with E-state index in [-0.39, 0.29) is 45.2 Å². The van der Waals surface area contributed by atoms with Crippen LogP contribution in [0.3, 0.4) is 0 Å². The Bertz CT molecular complexity index is 2900. The first-order valence-corrected chi connectivity index (χ1v) is 23.5. The van der Waals surface area contributed by atoms with Crippen molar-refractivity contribution in [3.05, 3.63) is 95.3 Å². The van der Waals surface area contributed by atoms with Crippen LogP contribution in [-0.2, 0) is 36.2 Å². The highest BCUT2D eigenvalue weighted by Gasteiger charge is 2.52. The molecule has 0 bridgehead atoms. The van der Waals surface area contributed by atoms with E-state index in [4.69, 9.17) is 14.3 Å². The lowest BCUT2D eigenvalue weighted by Crippen LogP contribution is -2.41. The number of para-hydroxylation sites is 2. The predicted molar refractivity (Wildman–Crippen MR) is 273 cm³/mol. The molecule has 0 atom stereocenters. The number of aromatic nitrogens is 6. The standard InChI is InChI=1S/C20H23N5O2.C13H19BN2O3.C13H16IN3O.C2H6/c1-20(2,3)24-19-23-16-11(6-5-7-12(16)18(27)25(19)4)15-10-13-14(22-15)8-9-21-17(13)26;1-12(2)13(3,4)19-14(18-12)10-7-8-9(16-10)5-6-15-11(8)17;1-13(2,3)16-12-15-10-8(11(18)17(12)4)6-5-7-9(10)14;1-2/h5-7,10,22H,8-9H2,1-4H3,(H,21,26)(H,23,24);7,16H,5-6H2,1-4H3,(H,15,17);5-7H,1-4H3,(H,15,16);1-2H3. The molecule has 16 nitrogen and oxygen atoms in total. The molecule has 352 valence electrons. The van der Waals surface area contributed by atoms with E-state index >= 15 is 0 Å². The van der Waals surface area contributed by atoms with Gasteiger partial charge in [0.25, 0.3) is 22.9 Å². The largest absolute Gasteiger partial charge is 0.512 e. The van der Waals surface area contributed by atoms with Crippen LogP contribution in [0.15, 0.2) is 58.1 Å². The zero-order chi connectivity index (χ0) is 48.7. The van der Waals surface area contributed by atoms with Gasteiger partial charge in [0, 0.05) is 82.9 Å². The summed E-state index contributed by atoms with van der Waals surface area (Å²) in [7, 11) is 3.01. The van der Waals surface area contributed by atoms with Gasteiger partial charge in [0.05, 0.1) is 44.1 Å². The van der Waals surface area contributed by atoms with Crippen LogP contribution in [0.4, 0.5) is 11.9 Å². The number of halogens is 1. The second-order valence-corrected chi connectivity index (χ2v) is 20.6. The molecule has 7 heterocycles. The van der Waals surface area contributed by atoms with Gasteiger partial charge in [-0.05, 0) is 122 Å². The van der Waals surface area contributed by atoms with Crippen molar-refractivity contribution in [2.75, 3.05) is 23.7 Å². The molecule has 2 aromatic carbocycles. The molecule has 3 aliphatic rings. The van der Waals surface area contributed by atoms with Crippen molar-refractivity contribution in [1.82, 2.24) is 39.7 Å². The van der Waals surface area contributed by atoms with Gasteiger partial charge in [-0.25, -0.2) is 9.97 Å². The van der Waals surface area contributed by atoms with Crippen LogP contribution >= 0.6 is 22.6 Å². The van der Waals surface area contributed by atoms with E-state index in [1.807, 2.05) is 126 Å². The summed E-state index contributed by atoms with van der Waals surface area (Å²) in [5.74, 6) is 1.02. The van der Waals surface area contributed by atoms with Gasteiger partial charge < -0.3 is 40.5 Å². The zero-order valence-electron chi connectivity index (χ0n) is 40.6. The molecule has 0 aliphatic carbocycles. The lowest BCUT2D eigenvalue weighted by Gasteiger charge is -2.32. The van der Waals surface area contributed by atoms with Crippen LogP contribution in [0.5, 0.6) is 0 Å². The van der Waals surface area contributed by atoms with E-state index in [1.165, 1.54) is 4.57 Å². The summed E-state index contributed by atoms with van der Waals surface area (Å²) < 4.78 is 16.0. The van der Waals surface area contributed by atoms with Crippen molar-refractivity contribution in [2.24, 2.45) is 14.1 Å². The maximum Gasteiger partial charge on any atom is 0.512 e. The van der Waals surface area contributed by atoms with E-state index < -0.39 is 7.12 Å². The molecule has 1 fully saturated rings. The summed E-state index contributed by atoms with van der Waals surface area (Å²) in [6, 6.07) is 14.9. The smallest absolute Gasteiger partial charge is 0.398 e. The topological polar surface area (TPSA) is 202 Å². The van der Waals surface area contributed by atoms with E-state index in [0.717, 1.165) is 50.2 Å². The minimum Gasteiger partial charge on any atom is -0.398 e. The molecule has 1 saturated heterocycles. The van der Waals surface area contributed by atoms with Crippen LogP contribution in [0, 0.1) is 3.57 Å². The highest BCUT2D eigenvalue weighted by atomic mass is 127. The van der Waals surface area contributed by atoms with Crippen LogP contribution < -0.4 is 38.0 Å². The molecule has 0 unspecified atom stereocenters. The van der Waals surface area contributed by atoms with Crippen molar-refractivity contribution in [3.8, 4) is 11.3 Å². The molecule has 2 amide bonds. The van der Waals surface area contributed by atoms with Gasteiger partial charge in [-0.2, -0.15) is 0 Å². The molecule has 6 aromatic rings. The van der Waals surface area contributed by atoms with Crippen molar-refractivity contribution in [3.63, 3.8) is 0 Å². The fraction of sp³-hybridized carbons (Fsp3) is 0.458. The quantitative estimate of drug-likeness (QED) is 0.0806. The molecule has 0 spiro atoms. The third-order valence-electron chi connectivity index (χ3n) is 11.6. The third-order valence-corrected chi connectivity index (χ3v) is 12.4. The van der Waals surface area contributed by atoms with Gasteiger partial charge in [0.1, 0.15) is 0 Å². The molecule has 9 rings (SSSR count). The fourth-order valence-electron chi connectivity index (χ4n) is 7.52. The van der Waals surface area contributed by atoms with Crippen molar-refractivity contribution in [1.29, 1.82) is 0 Å². The Labute approximate surface area is 400 Å². The summed E-state index contributed by atoms with van der Waals surface area (Å²) in [6.45, 7) is 25.6. The summed E-state index contributed by atoms with van der Waals surface area (Å²) in [5, 5.41) is 13.4. The van der Waals surface area contributed by atoms with E-state index in [0.29, 0.717) is 52.4 Å². The first kappa shape index (κ1) is 50.0. The average Bonchev–Trinajstić information content (AvgIpc) is 3.94. The number of amides is 2. The highest BCUT2D eigenvalue weighted by Crippen LogP contribution is 2.37. The van der Waals surface area contributed by atoms with Crippen LogP contribution in [0.1, 0.15) is 115 Å². The Hall–Kier alpha value is -5.47. The molecule has 6 N–H and O–H groups in total. The van der Waals surface area contributed by atoms with Gasteiger partial charge in [0.15, 0.2) is 0 Å². The molecular formula is C48H64BIN10O6. The molecule has 3 aliphatic heterocycles. The lowest BCUT2D eigenvalue weighted by atomic mass is 9.85. The average molecular weight is 1010 g/mol. The second kappa shape index (κ2) is 19.0. The van der Waals surface area contributed by atoms with Crippen LogP contribution in [0.25, 0.3) is 33.1 Å². The van der Waals surface area contributed by atoms with Gasteiger partial charge in [-0.15, -0.1) is 0 Å². The van der Waals surface area contributed by atoms with Crippen molar-refractivity contribution in [2.45, 2.75) is 118 Å². The number of carbonyl (C=O) groups is 2. The number of anilines is 2. The summed E-state index contributed by atoms with van der Waals surface area (Å²) in [6.07, 6.45) is 1.58. The van der Waals surface area contributed by atoms with Crippen molar-refractivity contribution < 1.29 is 18.9 Å². The van der Waals surface area contributed by atoms with E-state index in [9.17, 15) is 19.2 Å². The number of benzene rings is 2. The first-order valence-electron chi connectivity index (χ1n) is 22.4. The second-order valence-electron chi connectivity index (χ2n) is 19.5.